The van der Waals surface area contributed by atoms with Crippen molar-refractivity contribution in [3.63, 3.8) is 0 Å². The topological polar surface area (TPSA) is 74.4 Å². The number of ether oxygens (including phenoxy) is 1. The number of hydrogen-bond acceptors (Lipinski definition) is 3. The lowest BCUT2D eigenvalue weighted by atomic mass is 9.96. The van der Waals surface area contributed by atoms with Crippen LogP contribution >= 0.6 is 0 Å². The molecule has 2 amide bonds. The first-order valence-corrected chi connectivity index (χ1v) is 9.18. The molecule has 0 bridgehead atoms. The molecule has 1 aromatic heterocycles. The molecule has 6 heteroatoms. The van der Waals surface area contributed by atoms with Gasteiger partial charge in [-0.05, 0) is 30.4 Å². The molecule has 1 fully saturated rings. The summed E-state index contributed by atoms with van der Waals surface area (Å²) in [5.41, 5.74) is 2.08. The molecule has 1 aliphatic rings. The molecule has 0 spiro atoms. The van der Waals surface area contributed by atoms with Crippen LogP contribution in [0.15, 0.2) is 30.5 Å². The second kappa shape index (κ2) is 8.36. The Morgan fingerprint density at radius 1 is 1.31 bits per heavy atom. The van der Waals surface area contributed by atoms with E-state index >= 15 is 0 Å². The summed E-state index contributed by atoms with van der Waals surface area (Å²) in [6.45, 7) is 3.64. The fraction of sp³-hybridized carbons (Fsp3) is 0.500. The van der Waals surface area contributed by atoms with Crippen molar-refractivity contribution >= 4 is 22.7 Å². The number of aromatic nitrogens is 1. The van der Waals surface area contributed by atoms with Crippen LogP contribution in [0.2, 0.25) is 0 Å². The Labute approximate surface area is 153 Å². The predicted molar refractivity (Wildman–Crippen MR) is 101 cm³/mol. The first kappa shape index (κ1) is 18.5. The lowest BCUT2D eigenvalue weighted by molar-refractivity contribution is -0.137. The van der Waals surface area contributed by atoms with Crippen molar-refractivity contribution in [2.24, 2.45) is 5.92 Å². The van der Waals surface area contributed by atoms with Crippen molar-refractivity contribution in [2.45, 2.75) is 32.2 Å². The van der Waals surface area contributed by atoms with Crippen LogP contribution in [0.25, 0.3) is 10.9 Å². The van der Waals surface area contributed by atoms with Crippen molar-refractivity contribution in [3.05, 3.63) is 36.0 Å². The molecule has 26 heavy (non-hydrogen) atoms. The summed E-state index contributed by atoms with van der Waals surface area (Å²) >= 11 is 0. The van der Waals surface area contributed by atoms with Crippen molar-refractivity contribution in [2.75, 3.05) is 26.8 Å². The van der Waals surface area contributed by atoms with Gasteiger partial charge in [0.25, 0.3) is 0 Å². The minimum absolute atomic E-state index is 0.00125. The number of methoxy groups -OCH3 is 1. The molecule has 2 N–H and O–H groups in total. The highest BCUT2D eigenvalue weighted by atomic mass is 16.5. The van der Waals surface area contributed by atoms with Crippen molar-refractivity contribution < 1.29 is 14.3 Å². The molecule has 1 atom stereocenters. The Morgan fingerprint density at radius 2 is 2.04 bits per heavy atom. The van der Waals surface area contributed by atoms with Crippen LogP contribution in [0, 0.1) is 5.92 Å². The van der Waals surface area contributed by atoms with E-state index in [9.17, 15) is 9.59 Å². The number of fused-ring (bicyclic) bond motifs is 1. The lowest BCUT2D eigenvalue weighted by Gasteiger charge is -2.34. The van der Waals surface area contributed by atoms with E-state index in [1.807, 2.05) is 35.4 Å². The second-order valence-electron chi connectivity index (χ2n) is 7.04. The smallest absolute Gasteiger partial charge is 0.245 e. The summed E-state index contributed by atoms with van der Waals surface area (Å²) in [4.78, 5) is 29.8. The van der Waals surface area contributed by atoms with Gasteiger partial charge in [-0.3, -0.25) is 9.59 Å². The molecule has 2 heterocycles. The van der Waals surface area contributed by atoms with E-state index < -0.39 is 6.04 Å². The van der Waals surface area contributed by atoms with Crippen LogP contribution in [-0.2, 0) is 20.7 Å². The minimum atomic E-state index is -0.536. The Bertz CT molecular complexity index is 763. The molecule has 6 nitrogen and oxygen atoms in total. The van der Waals surface area contributed by atoms with E-state index in [1.54, 1.807) is 7.11 Å². The van der Waals surface area contributed by atoms with Gasteiger partial charge in [-0.2, -0.15) is 0 Å². The normalized spacial score (nSPS) is 16.6. The molecule has 140 valence electrons. The number of carbonyl (C=O) groups excluding carboxylic acids is 2. The van der Waals surface area contributed by atoms with Gasteiger partial charge >= 0.3 is 0 Å². The fourth-order valence-electron chi connectivity index (χ4n) is 3.74. The molecular weight excluding hydrogens is 330 g/mol. The van der Waals surface area contributed by atoms with Crippen LogP contribution < -0.4 is 5.32 Å². The van der Waals surface area contributed by atoms with Gasteiger partial charge < -0.3 is 19.9 Å². The van der Waals surface area contributed by atoms with E-state index in [0.29, 0.717) is 12.3 Å². The third kappa shape index (κ3) is 4.25. The SMILES string of the molecule is COCC1CCN(C(=O)C(Cc2c[nH]c3ccccc23)NC(C)=O)CC1. The summed E-state index contributed by atoms with van der Waals surface area (Å²) < 4.78 is 5.22. The van der Waals surface area contributed by atoms with E-state index in [0.717, 1.165) is 49.0 Å². The van der Waals surface area contributed by atoms with Crippen LogP contribution in [0.3, 0.4) is 0 Å². The van der Waals surface area contributed by atoms with Crippen LogP contribution in [0.4, 0.5) is 0 Å². The van der Waals surface area contributed by atoms with Crippen LogP contribution in [0.5, 0.6) is 0 Å². The van der Waals surface area contributed by atoms with E-state index in [-0.39, 0.29) is 11.8 Å². The number of nitrogens with one attached hydrogen (secondary N) is 2. The summed E-state index contributed by atoms with van der Waals surface area (Å²) in [6, 6.07) is 7.46. The van der Waals surface area contributed by atoms with Gasteiger partial charge in [-0.25, -0.2) is 0 Å². The number of piperidine rings is 1. The zero-order valence-electron chi connectivity index (χ0n) is 15.5. The number of likely N-dealkylation sites (tertiary alicyclic amines) is 1. The van der Waals surface area contributed by atoms with Gasteiger partial charge in [0.15, 0.2) is 0 Å². The average Bonchev–Trinajstić information content (AvgIpc) is 3.04. The number of para-hydroxylation sites is 1. The van der Waals surface area contributed by atoms with Crippen LogP contribution in [-0.4, -0.2) is 54.5 Å². The first-order valence-electron chi connectivity index (χ1n) is 9.18. The Balaban J connectivity index is 1.71. The van der Waals surface area contributed by atoms with Gasteiger partial charge in [-0.15, -0.1) is 0 Å². The van der Waals surface area contributed by atoms with E-state index in [4.69, 9.17) is 4.74 Å². The Morgan fingerprint density at radius 3 is 2.73 bits per heavy atom. The van der Waals surface area contributed by atoms with E-state index in [2.05, 4.69) is 10.3 Å². The molecule has 2 aromatic rings. The summed E-state index contributed by atoms with van der Waals surface area (Å²) in [6.07, 6.45) is 4.30. The standard InChI is InChI=1S/C20H27N3O3/c1-14(24)22-19(11-16-12-21-18-6-4-3-5-17(16)18)20(25)23-9-7-15(8-10-23)13-26-2/h3-6,12,15,19,21H,7-11,13H2,1-2H3,(H,22,24). The molecular formula is C20H27N3O3. The highest BCUT2D eigenvalue weighted by Gasteiger charge is 2.29. The Hall–Kier alpha value is -2.34. The molecule has 0 aliphatic carbocycles. The zero-order chi connectivity index (χ0) is 18.5. The highest BCUT2D eigenvalue weighted by molar-refractivity contribution is 5.89. The zero-order valence-corrected chi connectivity index (χ0v) is 15.5. The number of amides is 2. The Kier molecular flexibility index (Phi) is 5.93. The molecule has 1 aromatic carbocycles. The first-order chi connectivity index (χ1) is 12.6. The molecule has 3 rings (SSSR count). The summed E-state index contributed by atoms with van der Waals surface area (Å²) in [7, 11) is 1.71. The van der Waals surface area contributed by atoms with Gasteiger partial charge in [0.05, 0.1) is 0 Å². The average molecular weight is 357 g/mol. The number of carbonyl (C=O) groups is 2. The number of nitrogens with zero attached hydrogens (tertiary/aromatic N) is 1. The number of H-pyrrole nitrogens is 1. The lowest BCUT2D eigenvalue weighted by Crippen LogP contribution is -2.51. The minimum Gasteiger partial charge on any atom is -0.384 e. The van der Waals surface area contributed by atoms with Gasteiger partial charge in [0, 0.05) is 57.3 Å². The largest absolute Gasteiger partial charge is 0.384 e. The third-order valence-electron chi connectivity index (χ3n) is 5.10. The number of aromatic amines is 1. The van der Waals surface area contributed by atoms with Crippen molar-refractivity contribution in [1.82, 2.24) is 15.2 Å². The quantitative estimate of drug-likeness (QED) is 0.831. The maximum Gasteiger partial charge on any atom is 0.245 e. The van der Waals surface area contributed by atoms with Gasteiger partial charge in [-0.1, -0.05) is 18.2 Å². The third-order valence-corrected chi connectivity index (χ3v) is 5.10. The van der Waals surface area contributed by atoms with Gasteiger partial charge in [0.2, 0.25) is 11.8 Å². The molecule has 0 saturated carbocycles. The predicted octanol–water partition coefficient (Wildman–Crippen LogP) is 2.10. The highest BCUT2D eigenvalue weighted by Crippen LogP contribution is 2.22. The molecule has 1 unspecified atom stereocenters. The van der Waals surface area contributed by atoms with E-state index in [1.165, 1.54) is 6.92 Å². The number of benzene rings is 1. The summed E-state index contributed by atoms with van der Waals surface area (Å²) in [5.74, 6) is 0.329. The van der Waals surface area contributed by atoms with Gasteiger partial charge in [0.1, 0.15) is 6.04 Å². The monoisotopic (exact) mass is 357 g/mol. The molecule has 1 saturated heterocycles. The maximum absolute atomic E-state index is 13.0. The molecule has 1 aliphatic heterocycles. The number of rotatable bonds is 6. The van der Waals surface area contributed by atoms with Crippen molar-refractivity contribution in [1.29, 1.82) is 0 Å². The second-order valence-corrected chi connectivity index (χ2v) is 7.04. The molecule has 0 radical (unpaired) electrons. The summed E-state index contributed by atoms with van der Waals surface area (Å²) in [5, 5.41) is 3.94. The fourth-order valence-corrected chi connectivity index (χ4v) is 3.74. The van der Waals surface area contributed by atoms with Crippen molar-refractivity contribution in [3.8, 4) is 0 Å². The van der Waals surface area contributed by atoms with Crippen LogP contribution in [0.1, 0.15) is 25.3 Å². The maximum atomic E-state index is 13.0. The number of hydrogen-bond donors (Lipinski definition) is 2.